The highest BCUT2D eigenvalue weighted by Crippen LogP contribution is 2.34. The molecule has 0 heterocycles. The first kappa shape index (κ1) is 21.6. The van der Waals surface area contributed by atoms with E-state index in [2.05, 4.69) is 41.7 Å². The molecule has 0 aromatic heterocycles. The molecule has 1 unspecified atom stereocenters. The average molecular weight is 412 g/mol. The van der Waals surface area contributed by atoms with Gasteiger partial charge in [-0.15, -0.1) is 11.8 Å². The summed E-state index contributed by atoms with van der Waals surface area (Å²) in [6.45, 7) is 1.46. The Kier molecular flexibility index (Phi) is 8.32. The lowest BCUT2D eigenvalue weighted by atomic mass is 9.90. The lowest BCUT2D eigenvalue weighted by Gasteiger charge is -2.15. The molecule has 0 spiro atoms. The Morgan fingerprint density at radius 2 is 1.79 bits per heavy atom. The third kappa shape index (κ3) is 6.72. The molecule has 1 fully saturated rings. The number of hydrogen-bond acceptors (Lipinski definition) is 5. The highest BCUT2D eigenvalue weighted by Gasteiger charge is 2.38. The van der Waals surface area contributed by atoms with Crippen molar-refractivity contribution in [3.8, 4) is 5.75 Å². The summed E-state index contributed by atoms with van der Waals surface area (Å²) < 4.78 is 5.84. The number of aldehydes is 2. The maximum Gasteiger partial charge on any atom is 0.133 e. The first-order chi connectivity index (χ1) is 14.2. The second-order valence-electron chi connectivity index (χ2n) is 7.65. The minimum atomic E-state index is -0.769. The van der Waals surface area contributed by atoms with Crippen LogP contribution in [-0.2, 0) is 16.1 Å². The molecular weight excluding hydrogens is 382 g/mol. The first-order valence-electron chi connectivity index (χ1n) is 10.3. The van der Waals surface area contributed by atoms with Crippen molar-refractivity contribution in [2.45, 2.75) is 49.6 Å². The Morgan fingerprint density at radius 3 is 2.48 bits per heavy atom. The van der Waals surface area contributed by atoms with Crippen molar-refractivity contribution in [3.63, 3.8) is 0 Å². The average Bonchev–Trinajstić information content (AvgIpc) is 3.20. The fraction of sp³-hybridized carbons (Fsp3) is 0.417. The fourth-order valence-corrected chi connectivity index (χ4v) is 4.52. The fourth-order valence-electron chi connectivity index (χ4n) is 3.59. The third-order valence-electron chi connectivity index (χ3n) is 5.39. The molecule has 0 amide bonds. The van der Waals surface area contributed by atoms with E-state index in [4.69, 9.17) is 4.74 Å². The molecule has 1 atom stereocenters. The minimum Gasteiger partial charge on any atom is -0.494 e. The summed E-state index contributed by atoms with van der Waals surface area (Å²) in [4.78, 5) is 23.6. The summed E-state index contributed by atoms with van der Waals surface area (Å²) in [5.41, 5.74) is 0.404. The summed E-state index contributed by atoms with van der Waals surface area (Å²) in [5.74, 6) is 2.00. The monoisotopic (exact) mass is 411 g/mol. The summed E-state index contributed by atoms with van der Waals surface area (Å²) >= 11 is 1.89. The maximum atomic E-state index is 11.2. The number of carbonyl (C=O) groups is 2. The summed E-state index contributed by atoms with van der Waals surface area (Å²) in [7, 11) is 0. The second-order valence-corrected chi connectivity index (χ2v) is 8.82. The predicted molar refractivity (Wildman–Crippen MR) is 117 cm³/mol. The normalized spacial score (nSPS) is 17.7. The molecule has 5 heteroatoms. The maximum absolute atomic E-state index is 11.2. The number of benzene rings is 2. The van der Waals surface area contributed by atoms with E-state index in [0.717, 1.165) is 56.5 Å². The topological polar surface area (TPSA) is 55.4 Å². The number of hydrogen-bond donors (Lipinski definition) is 1. The van der Waals surface area contributed by atoms with Crippen LogP contribution in [0.4, 0.5) is 0 Å². The number of nitrogens with one attached hydrogen (secondary N) is 1. The van der Waals surface area contributed by atoms with Crippen LogP contribution >= 0.6 is 11.8 Å². The first-order valence-corrected chi connectivity index (χ1v) is 11.3. The summed E-state index contributed by atoms with van der Waals surface area (Å²) in [6, 6.07) is 18.8. The van der Waals surface area contributed by atoms with Crippen LogP contribution in [0, 0.1) is 5.41 Å². The van der Waals surface area contributed by atoms with Gasteiger partial charge in [-0.05, 0) is 67.7 Å². The second kappa shape index (κ2) is 11.2. The van der Waals surface area contributed by atoms with E-state index in [1.165, 1.54) is 10.5 Å². The Balaban J connectivity index is 1.30. The molecule has 1 aliphatic rings. The van der Waals surface area contributed by atoms with Gasteiger partial charge in [0, 0.05) is 17.5 Å². The number of rotatable bonds is 12. The zero-order chi connectivity index (χ0) is 20.4. The van der Waals surface area contributed by atoms with Gasteiger partial charge >= 0.3 is 0 Å². The van der Waals surface area contributed by atoms with Crippen LogP contribution in [0.15, 0.2) is 59.5 Å². The SMILES string of the molecule is O=CC1(C=O)CCC(NCc2ccc(OCCCCSc3ccccc3)cc2)C1. The molecule has 0 radical (unpaired) electrons. The quantitative estimate of drug-likeness (QED) is 0.238. The minimum absolute atomic E-state index is 0.218. The van der Waals surface area contributed by atoms with Gasteiger partial charge < -0.3 is 19.6 Å². The molecule has 2 aromatic rings. The Hall–Kier alpha value is -2.11. The molecule has 0 saturated heterocycles. The van der Waals surface area contributed by atoms with Gasteiger partial charge in [0.05, 0.1) is 12.0 Å². The standard InChI is InChI=1S/C24H29NO3S/c26-18-24(19-27)13-12-21(16-24)25-17-20-8-10-22(11-9-20)28-14-4-5-15-29-23-6-2-1-3-7-23/h1-3,6-11,18-19,21,25H,4-5,12-17H2. The van der Waals surface area contributed by atoms with Crippen molar-refractivity contribution in [2.75, 3.05) is 12.4 Å². The van der Waals surface area contributed by atoms with Crippen LogP contribution < -0.4 is 10.1 Å². The van der Waals surface area contributed by atoms with Gasteiger partial charge in [-0.2, -0.15) is 0 Å². The van der Waals surface area contributed by atoms with E-state index in [1.807, 2.05) is 30.0 Å². The van der Waals surface area contributed by atoms with Crippen LogP contribution in [0.2, 0.25) is 0 Å². The molecule has 0 bridgehead atoms. The molecule has 4 nitrogen and oxygen atoms in total. The largest absolute Gasteiger partial charge is 0.494 e. The number of ether oxygens (including phenoxy) is 1. The molecule has 1 aliphatic carbocycles. The van der Waals surface area contributed by atoms with Crippen molar-refractivity contribution in [1.29, 1.82) is 0 Å². The van der Waals surface area contributed by atoms with E-state index in [1.54, 1.807) is 0 Å². The molecule has 2 aromatic carbocycles. The van der Waals surface area contributed by atoms with Gasteiger partial charge in [0.15, 0.2) is 0 Å². The molecule has 3 rings (SSSR count). The number of thioether (sulfide) groups is 1. The van der Waals surface area contributed by atoms with E-state index in [-0.39, 0.29) is 6.04 Å². The lowest BCUT2D eigenvalue weighted by Crippen LogP contribution is -2.29. The number of carbonyl (C=O) groups excluding carboxylic acids is 2. The van der Waals surface area contributed by atoms with Crippen molar-refractivity contribution in [2.24, 2.45) is 5.41 Å². The Bertz CT molecular complexity index is 755. The van der Waals surface area contributed by atoms with Gasteiger partial charge in [-0.25, -0.2) is 0 Å². The molecule has 0 aliphatic heterocycles. The van der Waals surface area contributed by atoms with E-state index in [9.17, 15) is 9.59 Å². The zero-order valence-electron chi connectivity index (χ0n) is 16.7. The molecule has 1 N–H and O–H groups in total. The molecule has 29 heavy (non-hydrogen) atoms. The molecular formula is C24H29NO3S. The summed E-state index contributed by atoms with van der Waals surface area (Å²) in [6.07, 6.45) is 5.91. The van der Waals surface area contributed by atoms with Crippen molar-refractivity contribution < 1.29 is 14.3 Å². The van der Waals surface area contributed by atoms with Crippen LogP contribution in [0.1, 0.15) is 37.7 Å². The van der Waals surface area contributed by atoms with Crippen molar-refractivity contribution in [3.05, 3.63) is 60.2 Å². The van der Waals surface area contributed by atoms with Crippen molar-refractivity contribution >= 4 is 24.3 Å². The van der Waals surface area contributed by atoms with Crippen molar-refractivity contribution in [1.82, 2.24) is 5.32 Å². The Labute approximate surface area is 177 Å². The van der Waals surface area contributed by atoms with Crippen LogP contribution in [0.3, 0.4) is 0 Å². The third-order valence-corrected chi connectivity index (χ3v) is 6.49. The van der Waals surface area contributed by atoms with Gasteiger partial charge in [-0.1, -0.05) is 30.3 Å². The van der Waals surface area contributed by atoms with Crippen LogP contribution in [0.5, 0.6) is 5.75 Å². The van der Waals surface area contributed by atoms with Gasteiger partial charge in [0.2, 0.25) is 0 Å². The smallest absolute Gasteiger partial charge is 0.133 e. The highest BCUT2D eigenvalue weighted by molar-refractivity contribution is 7.99. The van der Waals surface area contributed by atoms with Gasteiger partial charge in [-0.3, -0.25) is 0 Å². The number of unbranched alkanes of at least 4 members (excludes halogenated alkanes) is 1. The van der Waals surface area contributed by atoms with Crippen LogP contribution in [-0.4, -0.2) is 31.0 Å². The molecule has 1 saturated carbocycles. The zero-order valence-corrected chi connectivity index (χ0v) is 17.5. The lowest BCUT2D eigenvalue weighted by molar-refractivity contribution is -0.125. The van der Waals surface area contributed by atoms with E-state index >= 15 is 0 Å². The molecule has 154 valence electrons. The highest BCUT2D eigenvalue weighted by atomic mass is 32.2. The Morgan fingerprint density at radius 1 is 1.03 bits per heavy atom. The van der Waals surface area contributed by atoms with E-state index < -0.39 is 5.41 Å². The van der Waals surface area contributed by atoms with E-state index in [0.29, 0.717) is 12.8 Å². The van der Waals surface area contributed by atoms with Gasteiger partial charge in [0.25, 0.3) is 0 Å². The summed E-state index contributed by atoms with van der Waals surface area (Å²) in [5, 5.41) is 3.46. The van der Waals surface area contributed by atoms with Crippen LogP contribution in [0.25, 0.3) is 0 Å². The predicted octanol–water partition coefficient (Wildman–Crippen LogP) is 4.66. The van der Waals surface area contributed by atoms with Gasteiger partial charge in [0.1, 0.15) is 18.3 Å².